The fourth-order valence-electron chi connectivity index (χ4n) is 3.81. The van der Waals surface area contributed by atoms with Gasteiger partial charge >= 0.3 is 0 Å². The predicted octanol–water partition coefficient (Wildman–Crippen LogP) is 6.19. The van der Waals surface area contributed by atoms with Crippen LogP contribution >= 0.6 is 25.3 Å². The van der Waals surface area contributed by atoms with E-state index in [2.05, 4.69) is 52.0 Å². The van der Waals surface area contributed by atoms with Gasteiger partial charge in [0.25, 0.3) is 0 Å². The van der Waals surface area contributed by atoms with Crippen molar-refractivity contribution in [1.82, 2.24) is 0 Å². The number of hydrogen-bond donors (Lipinski definition) is 3. The highest BCUT2D eigenvalue weighted by molar-refractivity contribution is 7.82. The Bertz CT molecular complexity index is 666. The van der Waals surface area contributed by atoms with E-state index in [1.807, 2.05) is 18.2 Å². The van der Waals surface area contributed by atoms with E-state index in [0.29, 0.717) is 0 Å². The second kappa shape index (κ2) is 7.05. The highest BCUT2D eigenvalue weighted by Gasteiger charge is 2.54. The number of phenols is 1. The molecule has 2 aromatic carbocycles. The van der Waals surface area contributed by atoms with E-state index in [4.69, 9.17) is 25.3 Å². The molecule has 2 aromatic rings. The number of phenolic OH excluding ortho intramolecular Hbond substituents is 1. The van der Waals surface area contributed by atoms with Gasteiger partial charge in [0.1, 0.15) is 5.75 Å². The molecule has 3 heteroatoms. The molecule has 0 saturated carbocycles. The Hall–Kier alpha value is -1.06. The molecular formula is C21H28OS2. The molecule has 0 aromatic heterocycles. The molecule has 0 spiro atoms. The summed E-state index contributed by atoms with van der Waals surface area (Å²) in [5.41, 5.74) is 2.08. The topological polar surface area (TPSA) is 20.2 Å². The first-order valence-electron chi connectivity index (χ1n) is 8.52. The molecule has 1 N–H and O–H groups in total. The third kappa shape index (κ3) is 2.97. The summed E-state index contributed by atoms with van der Waals surface area (Å²) in [5, 5.41) is 9.64. The van der Waals surface area contributed by atoms with Crippen LogP contribution in [-0.4, -0.2) is 5.11 Å². The maximum atomic E-state index is 9.64. The SMILES string of the molecule is CCC(S)(c1ccccc1)C(C)(C)C(S)(CC)c1ccc(O)cc1. The zero-order valence-corrected chi connectivity index (χ0v) is 16.7. The van der Waals surface area contributed by atoms with Crippen LogP contribution in [0.25, 0.3) is 0 Å². The molecule has 0 amide bonds. The number of rotatable bonds is 6. The quantitative estimate of drug-likeness (QED) is 0.525. The molecule has 2 atom stereocenters. The van der Waals surface area contributed by atoms with E-state index in [9.17, 15) is 5.11 Å². The molecule has 1 nitrogen and oxygen atoms in total. The van der Waals surface area contributed by atoms with Crippen molar-refractivity contribution in [3.63, 3.8) is 0 Å². The van der Waals surface area contributed by atoms with Crippen LogP contribution in [0.3, 0.4) is 0 Å². The minimum absolute atomic E-state index is 0.242. The summed E-state index contributed by atoms with van der Waals surface area (Å²) in [6, 6.07) is 17.9. The van der Waals surface area contributed by atoms with Gasteiger partial charge in [-0.3, -0.25) is 0 Å². The van der Waals surface area contributed by atoms with Crippen LogP contribution in [0.1, 0.15) is 51.7 Å². The Kier molecular flexibility index (Phi) is 5.66. The highest BCUT2D eigenvalue weighted by Crippen LogP contribution is 2.60. The zero-order chi connectivity index (χ0) is 18.0. The predicted molar refractivity (Wildman–Crippen MR) is 110 cm³/mol. The third-order valence-electron chi connectivity index (χ3n) is 5.69. The Labute approximate surface area is 157 Å². The smallest absolute Gasteiger partial charge is 0.115 e. The van der Waals surface area contributed by atoms with Crippen LogP contribution in [0.2, 0.25) is 0 Å². The largest absolute Gasteiger partial charge is 0.508 e. The standard InChI is InChI=1S/C21H28OS2/c1-5-20(23,16-10-8-7-9-11-16)19(3,4)21(24,6-2)17-12-14-18(22)15-13-17/h7-15,22-24H,5-6H2,1-4H3. The first-order valence-corrected chi connectivity index (χ1v) is 9.42. The van der Waals surface area contributed by atoms with Crippen LogP contribution in [0.15, 0.2) is 54.6 Å². The van der Waals surface area contributed by atoms with Gasteiger partial charge in [0, 0.05) is 14.9 Å². The summed E-state index contributed by atoms with van der Waals surface area (Å²) in [6.07, 6.45) is 1.76. The summed E-state index contributed by atoms with van der Waals surface area (Å²) >= 11 is 10.4. The van der Waals surface area contributed by atoms with Gasteiger partial charge in [-0.2, -0.15) is 25.3 Å². The molecule has 0 aliphatic carbocycles. The lowest BCUT2D eigenvalue weighted by atomic mass is 9.61. The van der Waals surface area contributed by atoms with Gasteiger partial charge in [0.15, 0.2) is 0 Å². The van der Waals surface area contributed by atoms with Crippen molar-refractivity contribution in [3.8, 4) is 5.75 Å². The van der Waals surface area contributed by atoms with Gasteiger partial charge in [0.05, 0.1) is 0 Å². The molecule has 0 aliphatic heterocycles. The molecule has 24 heavy (non-hydrogen) atoms. The minimum atomic E-state index is -0.381. The van der Waals surface area contributed by atoms with Crippen molar-refractivity contribution >= 4 is 25.3 Å². The van der Waals surface area contributed by atoms with Crippen molar-refractivity contribution in [2.75, 3.05) is 0 Å². The van der Waals surface area contributed by atoms with Gasteiger partial charge < -0.3 is 5.11 Å². The summed E-state index contributed by atoms with van der Waals surface area (Å²) < 4.78 is -0.710. The van der Waals surface area contributed by atoms with Crippen LogP contribution in [0.5, 0.6) is 5.75 Å². The Morgan fingerprint density at radius 3 is 1.58 bits per heavy atom. The van der Waals surface area contributed by atoms with Crippen LogP contribution < -0.4 is 0 Å². The van der Waals surface area contributed by atoms with Crippen molar-refractivity contribution in [2.24, 2.45) is 5.41 Å². The minimum Gasteiger partial charge on any atom is -0.508 e. The molecule has 130 valence electrons. The Balaban J connectivity index is 2.61. The lowest BCUT2D eigenvalue weighted by molar-refractivity contribution is 0.163. The monoisotopic (exact) mass is 360 g/mol. The number of benzene rings is 2. The molecule has 2 unspecified atom stereocenters. The van der Waals surface area contributed by atoms with E-state index >= 15 is 0 Å². The van der Waals surface area contributed by atoms with Crippen LogP contribution in [0.4, 0.5) is 0 Å². The third-order valence-corrected chi connectivity index (χ3v) is 7.95. The average Bonchev–Trinajstić information content (AvgIpc) is 2.61. The van der Waals surface area contributed by atoms with E-state index in [-0.39, 0.29) is 20.7 Å². The first kappa shape index (κ1) is 19.3. The normalized spacial score (nSPS) is 17.1. The highest BCUT2D eigenvalue weighted by atomic mass is 32.1. The van der Waals surface area contributed by atoms with E-state index in [1.165, 1.54) is 5.56 Å². The van der Waals surface area contributed by atoms with Gasteiger partial charge in [0.2, 0.25) is 0 Å². The molecule has 0 fully saturated rings. The van der Waals surface area contributed by atoms with Gasteiger partial charge in [-0.15, -0.1) is 0 Å². The van der Waals surface area contributed by atoms with Crippen molar-refractivity contribution < 1.29 is 5.11 Å². The van der Waals surface area contributed by atoms with Gasteiger partial charge in [-0.25, -0.2) is 0 Å². The molecule has 0 heterocycles. The van der Waals surface area contributed by atoms with E-state index < -0.39 is 0 Å². The lowest BCUT2D eigenvalue weighted by Crippen LogP contribution is -2.49. The fraction of sp³-hybridized carbons (Fsp3) is 0.429. The second-order valence-electron chi connectivity index (χ2n) is 6.97. The Morgan fingerprint density at radius 2 is 1.17 bits per heavy atom. The summed E-state index contributed by atoms with van der Waals surface area (Å²) in [4.78, 5) is 0. The van der Waals surface area contributed by atoms with E-state index in [0.717, 1.165) is 18.4 Å². The fourth-order valence-corrected chi connectivity index (χ4v) is 4.57. The number of thiol groups is 2. The van der Waals surface area contributed by atoms with Gasteiger partial charge in [-0.05, 0) is 36.1 Å². The summed E-state index contributed by atoms with van der Waals surface area (Å²) in [6.45, 7) is 8.85. The summed E-state index contributed by atoms with van der Waals surface area (Å²) in [7, 11) is 0. The van der Waals surface area contributed by atoms with E-state index in [1.54, 1.807) is 12.1 Å². The molecular weight excluding hydrogens is 332 g/mol. The molecule has 0 aliphatic rings. The molecule has 0 saturated heterocycles. The maximum absolute atomic E-state index is 9.64. The number of aromatic hydroxyl groups is 1. The maximum Gasteiger partial charge on any atom is 0.115 e. The number of hydrogen-bond acceptors (Lipinski definition) is 3. The zero-order valence-electron chi connectivity index (χ0n) is 15.0. The van der Waals surface area contributed by atoms with Crippen molar-refractivity contribution in [3.05, 3.63) is 65.7 Å². The molecule has 0 radical (unpaired) electrons. The summed E-state index contributed by atoms with van der Waals surface area (Å²) in [5.74, 6) is 0.277. The Morgan fingerprint density at radius 1 is 0.750 bits per heavy atom. The molecule has 0 bridgehead atoms. The second-order valence-corrected chi connectivity index (χ2v) is 8.49. The first-order chi connectivity index (χ1) is 11.2. The van der Waals surface area contributed by atoms with Gasteiger partial charge in [-0.1, -0.05) is 70.2 Å². The average molecular weight is 361 g/mol. The van der Waals surface area contributed by atoms with Crippen LogP contribution in [0, 0.1) is 5.41 Å². The molecule has 2 rings (SSSR count). The van der Waals surface area contributed by atoms with Crippen LogP contribution in [-0.2, 0) is 9.49 Å². The lowest BCUT2D eigenvalue weighted by Gasteiger charge is -2.54. The van der Waals surface area contributed by atoms with Crippen molar-refractivity contribution in [2.45, 2.75) is 50.0 Å². The van der Waals surface area contributed by atoms with Crippen molar-refractivity contribution in [1.29, 1.82) is 0 Å².